The average molecular weight is 320 g/mol. The number of rotatable bonds is 5. The van der Waals surface area contributed by atoms with Gasteiger partial charge in [-0.05, 0) is 31.6 Å². The van der Waals surface area contributed by atoms with Gasteiger partial charge in [-0.25, -0.2) is 0 Å². The molecular weight excluding hydrogens is 296 g/mol. The smallest absolute Gasteiger partial charge is 0.311 e. The Morgan fingerprint density at radius 1 is 1.48 bits per heavy atom. The summed E-state index contributed by atoms with van der Waals surface area (Å²) >= 11 is 0. The van der Waals surface area contributed by atoms with Crippen LogP contribution in [-0.4, -0.2) is 40.1 Å². The van der Waals surface area contributed by atoms with E-state index in [-0.39, 0.29) is 24.1 Å². The van der Waals surface area contributed by atoms with Crippen LogP contribution in [0.25, 0.3) is 0 Å². The summed E-state index contributed by atoms with van der Waals surface area (Å²) < 4.78 is 5.25. The van der Waals surface area contributed by atoms with Gasteiger partial charge in [0.15, 0.2) is 0 Å². The number of carbonyl (C=O) groups is 2. The molecule has 1 saturated heterocycles. The summed E-state index contributed by atoms with van der Waals surface area (Å²) in [6.45, 7) is 4.96. The lowest BCUT2D eigenvalue weighted by molar-refractivity contribution is -0.149. The Balaban J connectivity index is 1.76. The van der Waals surface area contributed by atoms with E-state index < -0.39 is 11.4 Å². The van der Waals surface area contributed by atoms with Gasteiger partial charge < -0.3 is 14.5 Å². The van der Waals surface area contributed by atoms with Gasteiger partial charge in [-0.2, -0.15) is 0 Å². The first-order valence-corrected chi connectivity index (χ1v) is 8.51. The van der Waals surface area contributed by atoms with Crippen molar-refractivity contribution in [3.63, 3.8) is 0 Å². The minimum Gasteiger partial charge on any atom is -0.481 e. The number of carboxylic acids is 1. The lowest BCUT2D eigenvalue weighted by Gasteiger charge is -2.22. The third-order valence-electron chi connectivity index (χ3n) is 5.73. The van der Waals surface area contributed by atoms with Crippen LogP contribution in [0.5, 0.6) is 0 Å². The van der Waals surface area contributed by atoms with Gasteiger partial charge in [0.05, 0.1) is 11.1 Å². The van der Waals surface area contributed by atoms with Crippen molar-refractivity contribution in [3.05, 3.63) is 17.5 Å². The van der Waals surface area contributed by atoms with Crippen LogP contribution in [0.1, 0.15) is 68.1 Å². The molecule has 0 aromatic carbocycles. The lowest BCUT2D eigenvalue weighted by Crippen LogP contribution is -2.37. The van der Waals surface area contributed by atoms with E-state index in [9.17, 15) is 14.7 Å². The summed E-state index contributed by atoms with van der Waals surface area (Å²) in [6, 6.07) is 1.72. The first kappa shape index (κ1) is 16.0. The predicted molar refractivity (Wildman–Crippen MR) is 83.1 cm³/mol. The van der Waals surface area contributed by atoms with Crippen LogP contribution in [0.15, 0.2) is 10.6 Å². The fraction of sp³-hybridized carbons (Fsp3) is 0.706. The molecule has 1 saturated carbocycles. The fourth-order valence-corrected chi connectivity index (χ4v) is 4.24. The molecular formula is C17H24N2O4. The average Bonchev–Trinajstić information content (AvgIpc) is 3.21. The van der Waals surface area contributed by atoms with Crippen LogP contribution in [0, 0.1) is 11.3 Å². The van der Waals surface area contributed by atoms with Crippen molar-refractivity contribution < 1.29 is 19.2 Å². The zero-order valence-electron chi connectivity index (χ0n) is 13.7. The highest BCUT2D eigenvalue weighted by Crippen LogP contribution is 2.49. The SMILES string of the molecule is CCC(CC)c1cc(C(=O)N2C[C@@H]3CCC[C@@]3(C(=O)O)C2)on1. The number of carbonyl (C=O) groups excluding carboxylic acids is 1. The number of aliphatic carboxylic acids is 1. The van der Waals surface area contributed by atoms with E-state index in [0.29, 0.717) is 18.9 Å². The summed E-state index contributed by atoms with van der Waals surface area (Å²) in [6.07, 6.45) is 4.37. The van der Waals surface area contributed by atoms with Crippen molar-refractivity contribution >= 4 is 11.9 Å². The Bertz CT molecular complexity index is 607. The number of fused-ring (bicyclic) bond motifs is 1. The Hall–Kier alpha value is -1.85. The first-order chi connectivity index (χ1) is 11.0. The monoisotopic (exact) mass is 320 g/mol. The Morgan fingerprint density at radius 3 is 2.83 bits per heavy atom. The van der Waals surface area contributed by atoms with Gasteiger partial charge in [0.25, 0.3) is 5.91 Å². The lowest BCUT2D eigenvalue weighted by atomic mass is 9.81. The Labute approximate surface area is 135 Å². The second kappa shape index (κ2) is 5.98. The van der Waals surface area contributed by atoms with Gasteiger partial charge in [-0.3, -0.25) is 9.59 Å². The van der Waals surface area contributed by atoms with Crippen molar-refractivity contribution in [2.24, 2.45) is 11.3 Å². The molecule has 0 radical (unpaired) electrons. The summed E-state index contributed by atoms with van der Waals surface area (Å²) in [4.78, 5) is 26.0. The highest BCUT2D eigenvalue weighted by Gasteiger charge is 2.56. The predicted octanol–water partition coefficient (Wildman–Crippen LogP) is 2.91. The molecule has 23 heavy (non-hydrogen) atoms. The highest BCUT2D eigenvalue weighted by molar-refractivity contribution is 5.92. The van der Waals surface area contributed by atoms with Gasteiger partial charge in [0, 0.05) is 25.1 Å². The van der Waals surface area contributed by atoms with E-state index in [1.165, 1.54) is 0 Å². The zero-order chi connectivity index (χ0) is 16.6. The summed E-state index contributed by atoms with van der Waals surface area (Å²) in [5, 5.41) is 13.6. The molecule has 1 aromatic heterocycles. The zero-order valence-corrected chi connectivity index (χ0v) is 13.7. The number of carboxylic acid groups (broad SMARTS) is 1. The van der Waals surface area contributed by atoms with Crippen molar-refractivity contribution in [2.45, 2.75) is 51.9 Å². The molecule has 2 atom stereocenters. The van der Waals surface area contributed by atoms with Gasteiger partial charge in [-0.15, -0.1) is 0 Å². The third-order valence-corrected chi connectivity index (χ3v) is 5.73. The maximum Gasteiger partial charge on any atom is 0.311 e. The molecule has 6 nitrogen and oxygen atoms in total. The molecule has 126 valence electrons. The largest absolute Gasteiger partial charge is 0.481 e. The van der Waals surface area contributed by atoms with E-state index in [1.54, 1.807) is 11.0 Å². The topological polar surface area (TPSA) is 83.6 Å². The van der Waals surface area contributed by atoms with Gasteiger partial charge in [-0.1, -0.05) is 25.4 Å². The van der Waals surface area contributed by atoms with Crippen molar-refractivity contribution in [1.82, 2.24) is 10.1 Å². The van der Waals surface area contributed by atoms with Crippen LogP contribution >= 0.6 is 0 Å². The van der Waals surface area contributed by atoms with Gasteiger partial charge >= 0.3 is 5.97 Å². The molecule has 2 heterocycles. The standard InChI is InChI=1S/C17H24N2O4/c1-3-11(4-2)13-8-14(23-18-13)15(20)19-9-12-6-5-7-17(12,10-19)16(21)22/h8,11-12H,3-7,9-10H2,1-2H3,(H,21,22)/t12-,17+/m0/s1. The number of aromatic nitrogens is 1. The second-order valence-corrected chi connectivity index (χ2v) is 6.87. The second-order valence-electron chi connectivity index (χ2n) is 6.87. The molecule has 1 aromatic rings. The summed E-state index contributed by atoms with van der Waals surface area (Å²) in [5.74, 6) is -0.420. The third kappa shape index (κ3) is 2.54. The summed E-state index contributed by atoms with van der Waals surface area (Å²) in [5.41, 5.74) is 0.0548. The molecule has 0 bridgehead atoms. The maximum atomic E-state index is 12.7. The minimum absolute atomic E-state index is 0.0605. The maximum absolute atomic E-state index is 12.7. The van der Waals surface area contributed by atoms with Crippen LogP contribution in [0.2, 0.25) is 0 Å². The molecule has 2 fully saturated rings. The minimum atomic E-state index is -0.773. The molecule has 3 rings (SSSR count). The number of hydrogen-bond acceptors (Lipinski definition) is 4. The molecule has 2 aliphatic rings. The molecule has 1 aliphatic carbocycles. The number of nitrogens with zero attached hydrogens (tertiary/aromatic N) is 2. The van der Waals surface area contributed by atoms with Crippen LogP contribution in [-0.2, 0) is 4.79 Å². The van der Waals surface area contributed by atoms with E-state index in [2.05, 4.69) is 19.0 Å². The quantitative estimate of drug-likeness (QED) is 0.902. The van der Waals surface area contributed by atoms with Crippen LogP contribution in [0.3, 0.4) is 0 Å². The fourth-order valence-electron chi connectivity index (χ4n) is 4.24. The molecule has 6 heteroatoms. The van der Waals surface area contributed by atoms with E-state index >= 15 is 0 Å². The number of hydrogen-bond donors (Lipinski definition) is 1. The first-order valence-electron chi connectivity index (χ1n) is 8.51. The van der Waals surface area contributed by atoms with Crippen molar-refractivity contribution in [2.75, 3.05) is 13.1 Å². The van der Waals surface area contributed by atoms with E-state index in [1.807, 2.05) is 0 Å². The van der Waals surface area contributed by atoms with Gasteiger partial charge in [0.1, 0.15) is 0 Å². The van der Waals surface area contributed by atoms with E-state index in [0.717, 1.165) is 31.4 Å². The molecule has 1 aliphatic heterocycles. The highest BCUT2D eigenvalue weighted by atomic mass is 16.5. The number of likely N-dealkylation sites (tertiary alicyclic amines) is 1. The summed E-state index contributed by atoms with van der Waals surface area (Å²) in [7, 11) is 0. The van der Waals surface area contributed by atoms with E-state index in [4.69, 9.17) is 4.52 Å². The number of amides is 1. The Morgan fingerprint density at radius 2 is 2.22 bits per heavy atom. The van der Waals surface area contributed by atoms with Gasteiger partial charge in [0.2, 0.25) is 5.76 Å². The molecule has 0 unspecified atom stereocenters. The van der Waals surface area contributed by atoms with Crippen molar-refractivity contribution in [1.29, 1.82) is 0 Å². The molecule has 0 spiro atoms. The Kier molecular flexibility index (Phi) is 4.17. The molecule has 1 N–H and O–H groups in total. The molecule has 1 amide bonds. The normalized spacial score (nSPS) is 26.7. The van der Waals surface area contributed by atoms with Crippen LogP contribution < -0.4 is 0 Å². The van der Waals surface area contributed by atoms with Crippen molar-refractivity contribution in [3.8, 4) is 0 Å². The van der Waals surface area contributed by atoms with Crippen LogP contribution in [0.4, 0.5) is 0 Å².